The van der Waals surface area contributed by atoms with E-state index in [1.807, 2.05) is 6.07 Å². The van der Waals surface area contributed by atoms with E-state index in [9.17, 15) is 5.11 Å². The Morgan fingerprint density at radius 2 is 1.85 bits per heavy atom. The molecule has 1 unspecified atom stereocenters. The van der Waals surface area contributed by atoms with Crippen LogP contribution >= 0.6 is 11.3 Å². The lowest BCUT2D eigenvalue weighted by atomic mass is 9.89. The van der Waals surface area contributed by atoms with E-state index in [0.29, 0.717) is 6.42 Å². The summed E-state index contributed by atoms with van der Waals surface area (Å²) in [6.45, 7) is 0. The van der Waals surface area contributed by atoms with E-state index in [1.54, 1.807) is 11.3 Å². The Labute approximate surface area is 122 Å². The molecule has 1 nitrogen and oxygen atoms in total. The Morgan fingerprint density at radius 1 is 1.05 bits per heavy atom. The van der Waals surface area contributed by atoms with Crippen molar-refractivity contribution in [1.82, 2.24) is 0 Å². The van der Waals surface area contributed by atoms with Crippen molar-refractivity contribution >= 4 is 21.4 Å². The Hall–Kier alpha value is -1.64. The van der Waals surface area contributed by atoms with E-state index >= 15 is 0 Å². The number of benzene rings is 2. The van der Waals surface area contributed by atoms with Crippen LogP contribution in [0.25, 0.3) is 10.1 Å². The van der Waals surface area contributed by atoms with Crippen molar-refractivity contribution in [3.8, 4) is 0 Å². The topological polar surface area (TPSA) is 20.2 Å². The molecule has 1 N–H and O–H groups in total. The van der Waals surface area contributed by atoms with Crippen molar-refractivity contribution in [2.24, 2.45) is 0 Å². The summed E-state index contributed by atoms with van der Waals surface area (Å²) in [6.07, 6.45) is 2.53. The van der Waals surface area contributed by atoms with Gasteiger partial charge in [-0.3, -0.25) is 0 Å². The molecule has 2 heteroatoms. The lowest BCUT2D eigenvalue weighted by Gasteiger charge is -2.24. The van der Waals surface area contributed by atoms with Crippen molar-refractivity contribution in [3.63, 3.8) is 0 Å². The molecule has 1 aromatic heterocycles. The average molecular weight is 280 g/mol. The Bertz CT molecular complexity index is 774. The SMILES string of the molecule is OC1(Cc2csc3ccccc23)CCc2ccccc21. The van der Waals surface area contributed by atoms with Crippen LogP contribution in [0.5, 0.6) is 0 Å². The van der Waals surface area contributed by atoms with Gasteiger partial charge in [0.25, 0.3) is 0 Å². The lowest BCUT2D eigenvalue weighted by Crippen LogP contribution is -2.25. The van der Waals surface area contributed by atoms with E-state index in [4.69, 9.17) is 0 Å². The fourth-order valence-corrected chi connectivity index (χ4v) is 4.30. The molecule has 0 bridgehead atoms. The first-order valence-corrected chi connectivity index (χ1v) is 7.90. The number of fused-ring (bicyclic) bond motifs is 2. The zero-order valence-electron chi connectivity index (χ0n) is 11.2. The molecule has 0 spiro atoms. The van der Waals surface area contributed by atoms with Crippen LogP contribution in [0.3, 0.4) is 0 Å². The number of aryl methyl sites for hydroxylation is 1. The molecule has 20 heavy (non-hydrogen) atoms. The van der Waals surface area contributed by atoms with Crippen LogP contribution in [0.15, 0.2) is 53.9 Å². The van der Waals surface area contributed by atoms with E-state index in [0.717, 1.165) is 18.4 Å². The predicted octanol–water partition coefficient (Wildman–Crippen LogP) is 4.28. The maximum Gasteiger partial charge on any atom is 0.0943 e. The molecule has 4 rings (SSSR count). The third-order valence-electron chi connectivity index (χ3n) is 4.37. The van der Waals surface area contributed by atoms with Crippen LogP contribution in [0.1, 0.15) is 23.1 Å². The summed E-state index contributed by atoms with van der Waals surface area (Å²) in [5.74, 6) is 0. The second-order valence-corrected chi connectivity index (χ2v) is 6.53. The molecule has 0 saturated carbocycles. The third-order valence-corrected chi connectivity index (χ3v) is 5.38. The molecule has 3 aromatic rings. The molecule has 0 aliphatic heterocycles. The Morgan fingerprint density at radius 3 is 2.80 bits per heavy atom. The van der Waals surface area contributed by atoms with Crippen LogP contribution in [-0.2, 0) is 18.4 Å². The maximum absolute atomic E-state index is 11.1. The quantitative estimate of drug-likeness (QED) is 0.743. The Kier molecular flexibility index (Phi) is 2.69. The minimum Gasteiger partial charge on any atom is -0.385 e. The van der Waals surface area contributed by atoms with Crippen molar-refractivity contribution in [3.05, 3.63) is 70.6 Å². The van der Waals surface area contributed by atoms with Crippen molar-refractivity contribution < 1.29 is 5.11 Å². The predicted molar refractivity (Wildman–Crippen MR) is 84.2 cm³/mol. The number of thiophene rings is 1. The summed E-state index contributed by atoms with van der Waals surface area (Å²) in [6, 6.07) is 16.8. The molecule has 0 amide bonds. The summed E-state index contributed by atoms with van der Waals surface area (Å²) in [5.41, 5.74) is 3.00. The van der Waals surface area contributed by atoms with Crippen LogP contribution < -0.4 is 0 Å². The lowest BCUT2D eigenvalue weighted by molar-refractivity contribution is 0.0394. The van der Waals surface area contributed by atoms with Crippen LogP contribution in [0, 0.1) is 0 Å². The Balaban J connectivity index is 1.76. The fourth-order valence-electron chi connectivity index (χ4n) is 3.34. The molecule has 0 radical (unpaired) electrons. The zero-order chi connectivity index (χ0) is 13.6. The van der Waals surface area contributed by atoms with Gasteiger partial charge in [-0.15, -0.1) is 11.3 Å². The van der Waals surface area contributed by atoms with E-state index in [2.05, 4.69) is 47.8 Å². The highest BCUT2D eigenvalue weighted by molar-refractivity contribution is 7.17. The van der Waals surface area contributed by atoms with Gasteiger partial charge in [0.1, 0.15) is 0 Å². The highest BCUT2D eigenvalue weighted by Crippen LogP contribution is 2.41. The van der Waals surface area contributed by atoms with Gasteiger partial charge in [-0.2, -0.15) is 0 Å². The summed E-state index contributed by atoms with van der Waals surface area (Å²) in [7, 11) is 0. The summed E-state index contributed by atoms with van der Waals surface area (Å²) < 4.78 is 1.30. The van der Waals surface area contributed by atoms with Gasteiger partial charge in [-0.05, 0) is 46.4 Å². The van der Waals surface area contributed by atoms with Gasteiger partial charge in [-0.25, -0.2) is 0 Å². The fraction of sp³-hybridized carbons (Fsp3) is 0.222. The first kappa shape index (κ1) is 12.1. The second-order valence-electron chi connectivity index (χ2n) is 5.62. The smallest absolute Gasteiger partial charge is 0.0943 e. The normalized spacial score (nSPS) is 21.2. The summed E-state index contributed by atoms with van der Waals surface area (Å²) in [4.78, 5) is 0. The standard InChI is InChI=1S/C18H16OS/c19-18(10-9-13-5-1-3-7-16(13)18)11-14-12-20-17-8-4-2-6-15(14)17/h1-8,12,19H,9-11H2. The van der Waals surface area contributed by atoms with Gasteiger partial charge in [-0.1, -0.05) is 42.5 Å². The van der Waals surface area contributed by atoms with E-state index < -0.39 is 5.60 Å². The van der Waals surface area contributed by atoms with E-state index in [-0.39, 0.29) is 0 Å². The minimum absolute atomic E-state index is 0.694. The average Bonchev–Trinajstić information content (AvgIpc) is 3.03. The van der Waals surface area contributed by atoms with Gasteiger partial charge in [0.15, 0.2) is 0 Å². The van der Waals surface area contributed by atoms with Gasteiger partial charge >= 0.3 is 0 Å². The molecule has 2 aromatic carbocycles. The largest absolute Gasteiger partial charge is 0.385 e. The molecule has 1 aliphatic rings. The summed E-state index contributed by atoms with van der Waals surface area (Å²) in [5, 5.41) is 14.6. The van der Waals surface area contributed by atoms with Gasteiger partial charge in [0, 0.05) is 11.1 Å². The van der Waals surface area contributed by atoms with E-state index in [1.165, 1.54) is 21.2 Å². The van der Waals surface area contributed by atoms with Gasteiger partial charge in [0.05, 0.1) is 5.60 Å². The number of rotatable bonds is 2. The monoisotopic (exact) mass is 280 g/mol. The van der Waals surface area contributed by atoms with Crippen LogP contribution in [0.2, 0.25) is 0 Å². The molecule has 100 valence electrons. The van der Waals surface area contributed by atoms with Gasteiger partial charge < -0.3 is 5.11 Å². The molecular weight excluding hydrogens is 264 g/mol. The molecule has 1 atom stereocenters. The molecule has 0 saturated heterocycles. The minimum atomic E-state index is -0.694. The van der Waals surface area contributed by atoms with Crippen molar-refractivity contribution in [2.45, 2.75) is 24.9 Å². The first-order chi connectivity index (χ1) is 9.76. The van der Waals surface area contributed by atoms with Crippen LogP contribution in [-0.4, -0.2) is 5.11 Å². The second kappa shape index (κ2) is 4.44. The molecule has 1 aliphatic carbocycles. The van der Waals surface area contributed by atoms with Crippen molar-refractivity contribution in [1.29, 1.82) is 0 Å². The van der Waals surface area contributed by atoms with Crippen molar-refractivity contribution in [2.75, 3.05) is 0 Å². The zero-order valence-corrected chi connectivity index (χ0v) is 12.0. The van der Waals surface area contributed by atoms with Gasteiger partial charge in [0.2, 0.25) is 0 Å². The first-order valence-electron chi connectivity index (χ1n) is 7.02. The number of hydrogen-bond donors (Lipinski definition) is 1. The summed E-state index contributed by atoms with van der Waals surface area (Å²) >= 11 is 1.77. The highest BCUT2D eigenvalue weighted by atomic mass is 32.1. The third kappa shape index (κ3) is 1.80. The number of hydrogen-bond acceptors (Lipinski definition) is 2. The molecular formula is C18H16OS. The molecule has 0 fully saturated rings. The number of aliphatic hydroxyl groups is 1. The highest BCUT2D eigenvalue weighted by Gasteiger charge is 2.36. The van der Waals surface area contributed by atoms with Crippen LogP contribution in [0.4, 0.5) is 0 Å². The molecule has 1 heterocycles. The maximum atomic E-state index is 11.1.